The lowest BCUT2D eigenvalue weighted by atomic mass is 9.92. The number of aliphatic carboxylic acids is 1. The van der Waals surface area contributed by atoms with Gasteiger partial charge in [0.25, 0.3) is 0 Å². The lowest BCUT2D eigenvalue weighted by molar-refractivity contribution is -0.137. The Labute approximate surface area is 100 Å². The van der Waals surface area contributed by atoms with Crippen LogP contribution < -0.4 is 11.1 Å². The molecule has 3 atom stereocenters. The van der Waals surface area contributed by atoms with Gasteiger partial charge in [-0.3, -0.25) is 9.59 Å². The number of hydrogen-bond donors (Lipinski definition) is 4. The van der Waals surface area contributed by atoms with E-state index in [1.54, 1.807) is 0 Å². The number of aliphatic hydroxyl groups excluding tert-OH is 1. The van der Waals surface area contributed by atoms with Gasteiger partial charge in [0, 0.05) is 6.42 Å². The van der Waals surface area contributed by atoms with E-state index in [4.69, 9.17) is 10.8 Å². The summed E-state index contributed by atoms with van der Waals surface area (Å²) in [5, 5.41) is 20.8. The van der Waals surface area contributed by atoms with Gasteiger partial charge in [0.2, 0.25) is 5.91 Å². The molecule has 1 aliphatic carbocycles. The van der Waals surface area contributed by atoms with Crippen molar-refractivity contribution in [3.05, 3.63) is 0 Å². The van der Waals surface area contributed by atoms with Crippen LogP contribution in [0.2, 0.25) is 0 Å². The van der Waals surface area contributed by atoms with Gasteiger partial charge in [-0.05, 0) is 19.3 Å². The molecule has 5 N–H and O–H groups in total. The van der Waals surface area contributed by atoms with Crippen molar-refractivity contribution in [3.63, 3.8) is 0 Å². The summed E-state index contributed by atoms with van der Waals surface area (Å²) < 4.78 is 0. The predicted molar refractivity (Wildman–Crippen MR) is 61.3 cm³/mol. The normalized spacial score (nSPS) is 26.2. The van der Waals surface area contributed by atoms with Crippen molar-refractivity contribution in [1.82, 2.24) is 5.32 Å². The number of nitrogens with one attached hydrogen (secondary N) is 1. The third-order valence-electron chi connectivity index (χ3n) is 3.06. The number of carboxylic acid groups (broad SMARTS) is 1. The Kier molecular flexibility index (Phi) is 5.37. The molecule has 1 amide bonds. The van der Waals surface area contributed by atoms with Crippen LogP contribution in [0, 0.1) is 0 Å². The van der Waals surface area contributed by atoms with E-state index >= 15 is 0 Å². The molecule has 0 spiro atoms. The summed E-state index contributed by atoms with van der Waals surface area (Å²) in [6, 6.07) is -1.06. The minimum atomic E-state index is -0.967. The van der Waals surface area contributed by atoms with E-state index in [1.807, 2.05) is 0 Å². The van der Waals surface area contributed by atoms with Crippen LogP contribution >= 0.6 is 0 Å². The highest BCUT2D eigenvalue weighted by Crippen LogP contribution is 2.18. The lowest BCUT2D eigenvalue weighted by Gasteiger charge is -2.29. The first kappa shape index (κ1) is 13.9. The first-order valence-electron chi connectivity index (χ1n) is 5.96. The zero-order valence-corrected chi connectivity index (χ0v) is 9.76. The van der Waals surface area contributed by atoms with E-state index in [9.17, 15) is 14.7 Å². The third-order valence-corrected chi connectivity index (χ3v) is 3.06. The number of carbonyl (C=O) groups excluding carboxylic acids is 1. The Hall–Kier alpha value is -1.14. The van der Waals surface area contributed by atoms with Gasteiger partial charge >= 0.3 is 5.97 Å². The van der Waals surface area contributed by atoms with E-state index in [-0.39, 0.29) is 24.8 Å². The fourth-order valence-electron chi connectivity index (χ4n) is 1.98. The molecule has 0 saturated heterocycles. The number of nitrogens with two attached hydrogens (primary N) is 1. The number of rotatable bonds is 5. The van der Waals surface area contributed by atoms with Gasteiger partial charge in [-0.15, -0.1) is 0 Å². The van der Waals surface area contributed by atoms with Crippen molar-refractivity contribution in [1.29, 1.82) is 0 Å². The second-order valence-corrected chi connectivity index (χ2v) is 4.51. The van der Waals surface area contributed by atoms with Gasteiger partial charge in [0.15, 0.2) is 0 Å². The molecule has 0 bridgehead atoms. The Morgan fingerprint density at radius 3 is 2.59 bits per heavy atom. The largest absolute Gasteiger partial charge is 0.481 e. The number of aliphatic hydroxyl groups is 1. The van der Waals surface area contributed by atoms with Crippen LogP contribution in [0.3, 0.4) is 0 Å². The highest BCUT2D eigenvalue weighted by atomic mass is 16.4. The Morgan fingerprint density at radius 1 is 1.35 bits per heavy atom. The zero-order chi connectivity index (χ0) is 12.8. The highest BCUT2D eigenvalue weighted by molar-refractivity contribution is 5.82. The number of carbonyl (C=O) groups is 2. The lowest BCUT2D eigenvalue weighted by Crippen LogP contribution is -2.50. The summed E-state index contributed by atoms with van der Waals surface area (Å²) in [6.07, 6.45) is 2.87. The van der Waals surface area contributed by atoms with Crippen LogP contribution in [0.1, 0.15) is 38.5 Å². The van der Waals surface area contributed by atoms with Gasteiger partial charge in [0.1, 0.15) is 0 Å². The molecule has 0 aromatic carbocycles. The third kappa shape index (κ3) is 4.70. The van der Waals surface area contributed by atoms with E-state index in [2.05, 4.69) is 5.32 Å². The first-order chi connectivity index (χ1) is 8.00. The fraction of sp³-hybridized carbons (Fsp3) is 0.818. The second-order valence-electron chi connectivity index (χ2n) is 4.51. The number of carboxylic acids is 1. The molecule has 0 aromatic rings. The molecule has 6 heteroatoms. The van der Waals surface area contributed by atoms with E-state index in [0.29, 0.717) is 6.42 Å². The molecule has 1 fully saturated rings. The minimum Gasteiger partial charge on any atom is -0.481 e. The van der Waals surface area contributed by atoms with Gasteiger partial charge in [-0.2, -0.15) is 0 Å². The molecule has 0 aromatic heterocycles. The standard InChI is InChI=1S/C11H20N2O4/c12-7(5-6-10(15)16)11(17)13-8-3-1-2-4-9(8)14/h7-9,14H,1-6,12H2,(H,13,17)(H,15,16)/t7?,8-,9-/m0/s1. The van der Waals surface area contributed by atoms with Gasteiger partial charge in [-0.1, -0.05) is 12.8 Å². The Bertz CT molecular complexity index is 283. The van der Waals surface area contributed by atoms with E-state index in [0.717, 1.165) is 19.3 Å². The maximum atomic E-state index is 11.6. The Balaban J connectivity index is 2.34. The summed E-state index contributed by atoms with van der Waals surface area (Å²) in [5.41, 5.74) is 5.57. The van der Waals surface area contributed by atoms with Crippen LogP contribution in [0.4, 0.5) is 0 Å². The van der Waals surface area contributed by atoms with Crippen LogP contribution in [-0.4, -0.2) is 40.3 Å². The summed E-state index contributed by atoms with van der Waals surface area (Å²) in [6.45, 7) is 0. The molecule has 1 unspecified atom stereocenters. The molecular formula is C11H20N2O4. The zero-order valence-electron chi connectivity index (χ0n) is 9.76. The molecular weight excluding hydrogens is 224 g/mol. The smallest absolute Gasteiger partial charge is 0.303 e. The first-order valence-corrected chi connectivity index (χ1v) is 5.96. The van der Waals surface area contributed by atoms with Crippen LogP contribution in [0.5, 0.6) is 0 Å². The molecule has 98 valence electrons. The monoisotopic (exact) mass is 244 g/mol. The van der Waals surface area contributed by atoms with Gasteiger partial charge in [-0.25, -0.2) is 0 Å². The fourth-order valence-corrected chi connectivity index (χ4v) is 1.98. The Morgan fingerprint density at radius 2 is 2.00 bits per heavy atom. The van der Waals surface area contributed by atoms with E-state index < -0.39 is 18.1 Å². The second kappa shape index (κ2) is 6.56. The van der Waals surface area contributed by atoms with Crippen molar-refractivity contribution in [2.24, 2.45) is 5.73 Å². The summed E-state index contributed by atoms with van der Waals surface area (Å²) in [5.74, 6) is -1.34. The molecule has 17 heavy (non-hydrogen) atoms. The molecule has 1 aliphatic rings. The van der Waals surface area contributed by atoms with Crippen molar-refractivity contribution < 1.29 is 19.8 Å². The maximum absolute atomic E-state index is 11.6. The van der Waals surface area contributed by atoms with E-state index in [1.165, 1.54) is 0 Å². The molecule has 0 heterocycles. The average molecular weight is 244 g/mol. The number of hydrogen-bond acceptors (Lipinski definition) is 4. The molecule has 1 rings (SSSR count). The molecule has 1 saturated carbocycles. The molecule has 6 nitrogen and oxygen atoms in total. The summed E-state index contributed by atoms with van der Waals surface area (Å²) in [4.78, 5) is 22.0. The topological polar surface area (TPSA) is 113 Å². The molecule has 0 aliphatic heterocycles. The van der Waals surface area contributed by atoms with Crippen molar-refractivity contribution in [2.75, 3.05) is 0 Å². The van der Waals surface area contributed by atoms with Crippen molar-refractivity contribution in [3.8, 4) is 0 Å². The van der Waals surface area contributed by atoms with Crippen molar-refractivity contribution in [2.45, 2.75) is 56.7 Å². The summed E-state index contributed by atoms with van der Waals surface area (Å²) >= 11 is 0. The average Bonchev–Trinajstić information content (AvgIpc) is 2.28. The van der Waals surface area contributed by atoms with Crippen molar-refractivity contribution >= 4 is 11.9 Å². The quantitative estimate of drug-likeness (QED) is 0.525. The minimum absolute atomic E-state index is 0.115. The van der Waals surface area contributed by atoms with Crippen LogP contribution in [0.15, 0.2) is 0 Å². The highest BCUT2D eigenvalue weighted by Gasteiger charge is 2.26. The molecule has 0 radical (unpaired) electrons. The summed E-state index contributed by atoms with van der Waals surface area (Å²) in [7, 11) is 0. The predicted octanol–water partition coefficient (Wildman–Crippen LogP) is -0.402. The van der Waals surface area contributed by atoms with Crippen LogP contribution in [-0.2, 0) is 9.59 Å². The number of amides is 1. The van der Waals surface area contributed by atoms with Gasteiger partial charge < -0.3 is 21.3 Å². The van der Waals surface area contributed by atoms with Crippen LogP contribution in [0.25, 0.3) is 0 Å². The van der Waals surface area contributed by atoms with Gasteiger partial charge in [0.05, 0.1) is 18.2 Å². The maximum Gasteiger partial charge on any atom is 0.303 e. The SMILES string of the molecule is NC(CCC(=O)O)C(=O)N[C@H]1CCCC[C@@H]1O.